The summed E-state index contributed by atoms with van der Waals surface area (Å²) in [5.41, 5.74) is 12.1. The van der Waals surface area contributed by atoms with Gasteiger partial charge < -0.3 is 11.5 Å². The van der Waals surface area contributed by atoms with Crippen molar-refractivity contribution < 1.29 is 0 Å². The number of unbranched alkanes of at least 4 members (excludes halogenated alkanes) is 15. The minimum Gasteiger partial charge on any atom is -0.326 e. The molecule has 0 aromatic heterocycles. The first-order valence-electron chi connectivity index (χ1n) is 12.1. The molecule has 0 saturated heterocycles. The lowest BCUT2D eigenvalue weighted by molar-refractivity contribution is 0.319. The largest absolute Gasteiger partial charge is 0.326 e. The average Bonchev–Trinajstić information content (AvgIpc) is 2.63. The monoisotopic (exact) mass is 540 g/mol. The van der Waals surface area contributed by atoms with Gasteiger partial charge in [-0.2, -0.15) is 0 Å². The molecule has 0 amide bonds. The van der Waals surface area contributed by atoms with E-state index in [0.717, 1.165) is 6.42 Å². The van der Waals surface area contributed by atoms with E-state index in [9.17, 15) is 0 Å². The highest BCUT2D eigenvalue weighted by Crippen LogP contribution is 2.21. The summed E-state index contributed by atoms with van der Waals surface area (Å²) in [4.78, 5) is 0. The van der Waals surface area contributed by atoms with Crippen LogP contribution < -0.4 is 11.5 Å². The van der Waals surface area contributed by atoms with Crippen LogP contribution in [0.25, 0.3) is 0 Å². The van der Waals surface area contributed by atoms with Crippen molar-refractivity contribution in [3.05, 3.63) is 12.7 Å². The molecule has 0 heterocycles. The van der Waals surface area contributed by atoms with Gasteiger partial charge >= 0.3 is 0 Å². The van der Waals surface area contributed by atoms with E-state index in [0.29, 0.717) is 5.92 Å². The van der Waals surface area contributed by atoms with Crippen molar-refractivity contribution in [1.29, 1.82) is 0 Å². The SMILES string of the molecule is Br.Br.C=CC(CCCCCCCCCCCCCCCCCC)C(N)C(C)(C)N. The third-order valence-corrected chi connectivity index (χ3v) is 6.01. The van der Waals surface area contributed by atoms with Crippen LogP contribution in [0, 0.1) is 5.92 Å². The van der Waals surface area contributed by atoms with Gasteiger partial charge in [0.05, 0.1) is 0 Å². The van der Waals surface area contributed by atoms with Gasteiger partial charge in [-0.15, -0.1) is 40.5 Å². The molecule has 0 aliphatic heterocycles. The van der Waals surface area contributed by atoms with Gasteiger partial charge in [-0.1, -0.05) is 116 Å². The molecular formula is C25H54Br2N2. The Morgan fingerprint density at radius 3 is 1.28 bits per heavy atom. The number of hydrogen-bond acceptors (Lipinski definition) is 2. The maximum absolute atomic E-state index is 6.28. The third-order valence-electron chi connectivity index (χ3n) is 6.01. The fourth-order valence-electron chi connectivity index (χ4n) is 3.92. The Kier molecular flexibility index (Phi) is 27.5. The van der Waals surface area contributed by atoms with Crippen molar-refractivity contribution in [3.8, 4) is 0 Å². The normalized spacial score (nSPS) is 13.3. The topological polar surface area (TPSA) is 52.0 Å². The van der Waals surface area contributed by atoms with Crippen LogP contribution in [0.2, 0.25) is 0 Å². The highest BCUT2D eigenvalue weighted by molar-refractivity contribution is 8.93. The summed E-state index contributed by atoms with van der Waals surface area (Å²) in [6, 6.07) is 0.00587. The predicted molar refractivity (Wildman–Crippen MR) is 145 cm³/mol. The first-order chi connectivity index (χ1) is 12.9. The molecule has 0 aromatic rings. The molecule has 0 rings (SSSR count). The highest BCUT2D eigenvalue weighted by Gasteiger charge is 2.27. The van der Waals surface area contributed by atoms with E-state index < -0.39 is 0 Å². The molecule has 0 bridgehead atoms. The van der Waals surface area contributed by atoms with Crippen molar-refractivity contribution >= 4 is 34.0 Å². The number of hydrogen-bond donors (Lipinski definition) is 2. The third kappa shape index (κ3) is 21.6. The lowest BCUT2D eigenvalue weighted by atomic mass is 9.83. The Balaban J connectivity index is -0.00000338. The summed E-state index contributed by atoms with van der Waals surface area (Å²) in [6.45, 7) is 10.3. The molecule has 0 spiro atoms. The second kappa shape index (κ2) is 23.3. The van der Waals surface area contributed by atoms with Crippen LogP contribution in [0.1, 0.15) is 130 Å². The van der Waals surface area contributed by atoms with Gasteiger partial charge in [0.2, 0.25) is 0 Å². The van der Waals surface area contributed by atoms with Gasteiger partial charge in [0, 0.05) is 11.6 Å². The summed E-state index contributed by atoms with van der Waals surface area (Å²) >= 11 is 0. The van der Waals surface area contributed by atoms with Crippen molar-refractivity contribution in [2.24, 2.45) is 17.4 Å². The number of halogens is 2. The van der Waals surface area contributed by atoms with E-state index in [2.05, 4.69) is 13.5 Å². The quantitative estimate of drug-likeness (QED) is 0.119. The molecule has 0 saturated carbocycles. The van der Waals surface area contributed by atoms with Crippen LogP contribution in [0.3, 0.4) is 0 Å². The molecule has 29 heavy (non-hydrogen) atoms. The zero-order valence-corrected chi connectivity index (χ0v) is 23.4. The summed E-state index contributed by atoms with van der Waals surface area (Å²) in [6.07, 6.45) is 25.7. The van der Waals surface area contributed by atoms with E-state index >= 15 is 0 Å². The van der Waals surface area contributed by atoms with E-state index in [1.165, 1.54) is 103 Å². The van der Waals surface area contributed by atoms with Gasteiger partial charge in [-0.25, -0.2) is 0 Å². The second-order valence-electron chi connectivity index (χ2n) is 9.34. The maximum atomic E-state index is 6.28. The molecule has 2 unspecified atom stereocenters. The zero-order chi connectivity index (χ0) is 20.4. The first kappa shape index (κ1) is 34.2. The predicted octanol–water partition coefficient (Wildman–Crippen LogP) is 8.66. The zero-order valence-electron chi connectivity index (χ0n) is 19.9. The van der Waals surface area contributed by atoms with Crippen LogP contribution in [0.5, 0.6) is 0 Å². The lowest BCUT2D eigenvalue weighted by Gasteiger charge is -2.32. The Labute approximate surface area is 205 Å². The molecule has 4 N–H and O–H groups in total. The minimum absolute atomic E-state index is 0. The van der Waals surface area contributed by atoms with Gasteiger partial charge in [0.25, 0.3) is 0 Å². The van der Waals surface area contributed by atoms with E-state index in [4.69, 9.17) is 11.5 Å². The molecular weight excluding hydrogens is 488 g/mol. The summed E-state index contributed by atoms with van der Waals surface area (Å²) in [5.74, 6) is 0.344. The lowest BCUT2D eigenvalue weighted by Crippen LogP contribution is -2.53. The van der Waals surface area contributed by atoms with Crippen LogP contribution in [-0.2, 0) is 0 Å². The fourth-order valence-corrected chi connectivity index (χ4v) is 3.92. The Morgan fingerprint density at radius 2 is 1.00 bits per heavy atom. The van der Waals surface area contributed by atoms with Crippen molar-refractivity contribution in [1.82, 2.24) is 0 Å². The second-order valence-corrected chi connectivity index (χ2v) is 9.34. The molecule has 0 aliphatic rings. The van der Waals surface area contributed by atoms with Crippen molar-refractivity contribution in [3.63, 3.8) is 0 Å². The molecule has 0 radical (unpaired) electrons. The van der Waals surface area contributed by atoms with Gasteiger partial charge in [0.15, 0.2) is 0 Å². The molecule has 2 nitrogen and oxygen atoms in total. The van der Waals surface area contributed by atoms with E-state index in [-0.39, 0.29) is 45.5 Å². The molecule has 2 atom stereocenters. The molecule has 0 aromatic carbocycles. The minimum atomic E-state index is -0.325. The Bertz CT molecular complexity index is 329. The fraction of sp³-hybridized carbons (Fsp3) is 0.920. The van der Waals surface area contributed by atoms with E-state index in [1.807, 2.05) is 19.9 Å². The van der Waals surface area contributed by atoms with Crippen molar-refractivity contribution in [2.75, 3.05) is 0 Å². The molecule has 0 aliphatic carbocycles. The molecule has 0 fully saturated rings. The van der Waals surface area contributed by atoms with Crippen LogP contribution in [0.4, 0.5) is 0 Å². The van der Waals surface area contributed by atoms with Crippen LogP contribution in [-0.4, -0.2) is 11.6 Å². The first-order valence-corrected chi connectivity index (χ1v) is 12.1. The molecule has 4 heteroatoms. The maximum Gasteiger partial charge on any atom is 0.0279 e. The smallest absolute Gasteiger partial charge is 0.0279 e. The summed E-state index contributed by atoms with van der Waals surface area (Å²) in [5, 5.41) is 0. The standard InChI is InChI=1S/C25H52N2.2BrH/c1-5-7-8-9-10-11-12-13-14-15-16-17-18-19-20-21-22-23(6-2)24(26)25(3,4)27;;/h6,23-24H,2,5,7-22,26-27H2,1,3-4H3;2*1H. The van der Waals surface area contributed by atoms with E-state index in [1.54, 1.807) is 0 Å². The summed E-state index contributed by atoms with van der Waals surface area (Å²) in [7, 11) is 0. The number of rotatable bonds is 20. The highest BCUT2D eigenvalue weighted by atomic mass is 79.9. The van der Waals surface area contributed by atoms with Crippen LogP contribution in [0.15, 0.2) is 12.7 Å². The Hall–Kier alpha value is 0.620. The Morgan fingerprint density at radius 1 is 0.690 bits per heavy atom. The van der Waals surface area contributed by atoms with Crippen LogP contribution >= 0.6 is 34.0 Å². The van der Waals surface area contributed by atoms with Crippen molar-refractivity contribution in [2.45, 2.75) is 142 Å². The molecule has 178 valence electrons. The van der Waals surface area contributed by atoms with Gasteiger partial charge in [0.1, 0.15) is 0 Å². The summed E-state index contributed by atoms with van der Waals surface area (Å²) < 4.78 is 0. The number of nitrogens with two attached hydrogens (primary N) is 2. The average molecular weight is 543 g/mol. The van der Waals surface area contributed by atoms with Gasteiger partial charge in [-0.05, 0) is 26.2 Å². The van der Waals surface area contributed by atoms with Gasteiger partial charge in [-0.3, -0.25) is 0 Å².